The van der Waals surface area contributed by atoms with Gasteiger partial charge in [0.2, 0.25) is 0 Å². The molecule has 210 valence electrons. The molecule has 3 aromatic rings. The first-order valence-electron chi connectivity index (χ1n) is 13.3. The number of ether oxygens (including phenoxy) is 1. The number of benzene rings is 2. The van der Waals surface area contributed by atoms with E-state index in [0.717, 1.165) is 73.2 Å². The monoisotopic (exact) mass is 565 g/mol. The van der Waals surface area contributed by atoms with Crippen LogP contribution in [-0.2, 0) is 22.4 Å². The van der Waals surface area contributed by atoms with Crippen LogP contribution in [0, 0.1) is 17.7 Å². The third kappa shape index (κ3) is 7.28. The quantitative estimate of drug-likeness (QED) is 0.266. The zero-order valence-corrected chi connectivity index (χ0v) is 24.8. The van der Waals surface area contributed by atoms with Gasteiger partial charge in [0.25, 0.3) is 0 Å². The summed E-state index contributed by atoms with van der Waals surface area (Å²) in [5.74, 6) is 0.765. The van der Waals surface area contributed by atoms with Gasteiger partial charge in [0.1, 0.15) is 17.2 Å². The number of aryl methyl sites for hydroxylation is 2. The Kier molecular flexibility index (Phi) is 11.6. The number of nitrogens with one attached hydrogen (secondary N) is 1. The molecule has 2 atom stereocenters. The fourth-order valence-corrected chi connectivity index (χ4v) is 5.74. The summed E-state index contributed by atoms with van der Waals surface area (Å²) in [7, 11) is 2.13. The van der Waals surface area contributed by atoms with Crippen LogP contribution in [0.5, 0.6) is 0 Å². The van der Waals surface area contributed by atoms with Gasteiger partial charge in [-0.15, -0.1) is 24.8 Å². The van der Waals surface area contributed by atoms with Crippen molar-refractivity contribution in [1.82, 2.24) is 14.9 Å². The molecule has 0 saturated carbocycles. The molecule has 0 radical (unpaired) electrons. The molecule has 0 unspecified atom stereocenters. The molecule has 2 aromatic carbocycles. The number of rotatable bonds is 10. The lowest BCUT2D eigenvalue weighted by atomic mass is 9.65. The third-order valence-corrected chi connectivity index (χ3v) is 7.57. The maximum absolute atomic E-state index is 14.0. The van der Waals surface area contributed by atoms with E-state index < -0.39 is 5.60 Å². The second-order valence-corrected chi connectivity index (χ2v) is 11.1. The predicted molar refractivity (Wildman–Crippen MR) is 157 cm³/mol. The van der Waals surface area contributed by atoms with Crippen molar-refractivity contribution in [3.05, 3.63) is 65.2 Å². The molecule has 0 fully saturated rings. The van der Waals surface area contributed by atoms with Crippen LogP contribution >= 0.6 is 24.8 Å². The smallest absolute Gasteiger partial charge is 0.308 e. The van der Waals surface area contributed by atoms with Crippen LogP contribution in [-0.4, -0.2) is 46.6 Å². The van der Waals surface area contributed by atoms with Gasteiger partial charge in [0.15, 0.2) is 0 Å². The highest BCUT2D eigenvalue weighted by Crippen LogP contribution is 2.48. The first-order valence-corrected chi connectivity index (χ1v) is 13.3. The van der Waals surface area contributed by atoms with E-state index in [4.69, 9.17) is 4.74 Å². The highest BCUT2D eigenvalue weighted by atomic mass is 35.5. The molecule has 0 aliphatic heterocycles. The van der Waals surface area contributed by atoms with E-state index in [2.05, 4.69) is 41.8 Å². The second kappa shape index (κ2) is 13.8. The highest BCUT2D eigenvalue weighted by molar-refractivity contribution is 5.85. The molecule has 1 aromatic heterocycles. The normalized spacial score (nSPS) is 18.8. The topological polar surface area (TPSA) is 58.2 Å². The maximum atomic E-state index is 14.0. The zero-order chi connectivity index (χ0) is 25.9. The Morgan fingerprint density at radius 2 is 1.89 bits per heavy atom. The van der Waals surface area contributed by atoms with Gasteiger partial charge < -0.3 is 14.6 Å². The van der Waals surface area contributed by atoms with Crippen molar-refractivity contribution >= 4 is 41.8 Å². The Hall–Kier alpha value is -2.15. The molecule has 1 aliphatic rings. The molecule has 0 spiro atoms. The molecule has 8 heteroatoms. The van der Waals surface area contributed by atoms with E-state index in [-0.39, 0.29) is 54.4 Å². The van der Waals surface area contributed by atoms with Crippen LogP contribution in [0.15, 0.2) is 42.5 Å². The summed E-state index contributed by atoms with van der Waals surface area (Å²) in [5, 5.41) is 0. The fraction of sp³-hybridized carbons (Fsp3) is 0.533. The van der Waals surface area contributed by atoms with Crippen molar-refractivity contribution in [1.29, 1.82) is 0 Å². The highest BCUT2D eigenvalue weighted by Gasteiger charge is 2.48. The Bertz CT molecular complexity index is 1170. The van der Waals surface area contributed by atoms with Gasteiger partial charge in [-0.25, -0.2) is 9.37 Å². The van der Waals surface area contributed by atoms with Crippen LogP contribution < -0.4 is 0 Å². The van der Waals surface area contributed by atoms with Crippen molar-refractivity contribution in [2.75, 3.05) is 20.1 Å². The summed E-state index contributed by atoms with van der Waals surface area (Å²) >= 11 is 0. The van der Waals surface area contributed by atoms with E-state index in [1.807, 2.05) is 38.1 Å². The Morgan fingerprint density at radius 3 is 2.58 bits per heavy atom. The van der Waals surface area contributed by atoms with E-state index in [1.54, 1.807) is 12.1 Å². The number of H-pyrrole nitrogens is 1. The summed E-state index contributed by atoms with van der Waals surface area (Å²) in [4.78, 5) is 23.3. The number of carbonyl (C=O) groups is 1. The van der Waals surface area contributed by atoms with Crippen LogP contribution in [0.1, 0.15) is 69.8 Å². The molecule has 1 aliphatic carbocycles. The predicted octanol–water partition coefficient (Wildman–Crippen LogP) is 7.12. The van der Waals surface area contributed by atoms with Gasteiger partial charge in [0.05, 0.1) is 17.0 Å². The van der Waals surface area contributed by atoms with Crippen LogP contribution in [0.25, 0.3) is 11.0 Å². The van der Waals surface area contributed by atoms with Gasteiger partial charge >= 0.3 is 5.97 Å². The van der Waals surface area contributed by atoms with Crippen LogP contribution in [0.4, 0.5) is 4.39 Å². The third-order valence-electron chi connectivity index (χ3n) is 7.57. The van der Waals surface area contributed by atoms with Gasteiger partial charge in [-0.2, -0.15) is 0 Å². The van der Waals surface area contributed by atoms with Crippen LogP contribution in [0.3, 0.4) is 0 Å². The summed E-state index contributed by atoms with van der Waals surface area (Å²) < 4.78 is 20.4. The van der Waals surface area contributed by atoms with E-state index in [0.29, 0.717) is 0 Å². The SMILES string of the molecule is CC(C)C(=O)O[C@]1(CCN(C)CCCc2nc3ccccc3[nH]2)CCc2cc(F)ccc2[C@@H]1C(C)C.Cl.Cl. The Labute approximate surface area is 238 Å². The van der Waals surface area contributed by atoms with Crippen molar-refractivity contribution < 1.29 is 13.9 Å². The molecule has 0 amide bonds. The van der Waals surface area contributed by atoms with E-state index in [1.165, 1.54) is 0 Å². The van der Waals surface area contributed by atoms with E-state index in [9.17, 15) is 9.18 Å². The van der Waals surface area contributed by atoms with Gasteiger partial charge in [0, 0.05) is 25.3 Å². The second-order valence-electron chi connectivity index (χ2n) is 11.1. The number of aromatic amines is 1. The number of esters is 1. The summed E-state index contributed by atoms with van der Waals surface area (Å²) in [6.45, 7) is 9.88. The number of carbonyl (C=O) groups excluding carboxylic acids is 1. The molecular weight excluding hydrogens is 524 g/mol. The van der Waals surface area contributed by atoms with Crippen molar-refractivity contribution in [3.8, 4) is 0 Å². The lowest BCUT2D eigenvalue weighted by molar-refractivity contribution is -0.171. The van der Waals surface area contributed by atoms with Crippen molar-refractivity contribution in [3.63, 3.8) is 0 Å². The minimum absolute atomic E-state index is 0. The summed E-state index contributed by atoms with van der Waals surface area (Å²) in [5.41, 5.74) is 3.66. The molecule has 0 saturated heterocycles. The number of imidazole rings is 1. The largest absolute Gasteiger partial charge is 0.458 e. The molecule has 4 rings (SSSR count). The van der Waals surface area contributed by atoms with E-state index >= 15 is 0 Å². The minimum atomic E-state index is -0.590. The zero-order valence-electron chi connectivity index (χ0n) is 23.1. The average Bonchev–Trinajstić information content (AvgIpc) is 3.25. The number of para-hydroxylation sites is 2. The van der Waals surface area contributed by atoms with Crippen LogP contribution in [0.2, 0.25) is 0 Å². The van der Waals surface area contributed by atoms with Crippen molar-refractivity contribution in [2.24, 2.45) is 11.8 Å². The summed E-state index contributed by atoms with van der Waals surface area (Å²) in [6.07, 6.45) is 4.08. The number of nitrogens with zero attached hydrogens (tertiary/aromatic N) is 2. The summed E-state index contributed by atoms with van der Waals surface area (Å²) in [6, 6.07) is 13.2. The van der Waals surface area contributed by atoms with Gasteiger partial charge in [-0.3, -0.25) is 4.79 Å². The lowest BCUT2D eigenvalue weighted by Crippen LogP contribution is -2.49. The number of fused-ring (bicyclic) bond motifs is 2. The standard InChI is InChI=1S/C30H40FN3O2.2ClH/c1-20(2)28-24-13-12-23(31)19-22(24)14-15-30(28,36-29(35)21(3)4)16-18-34(5)17-8-11-27-32-25-9-6-7-10-26(25)33-27;;/h6-7,9-10,12-13,19-21,28H,8,11,14-18H2,1-5H3,(H,32,33);2*1H/t28-,30-;;/m0../s1. The van der Waals surface area contributed by atoms with Crippen molar-refractivity contribution in [2.45, 2.75) is 71.3 Å². The van der Waals surface area contributed by atoms with Gasteiger partial charge in [-0.1, -0.05) is 45.9 Å². The lowest BCUT2D eigenvalue weighted by Gasteiger charge is -2.47. The minimum Gasteiger partial charge on any atom is -0.458 e. The molecule has 5 nitrogen and oxygen atoms in total. The molecule has 1 heterocycles. The Balaban J connectivity index is 0.00000253. The number of aromatic nitrogens is 2. The number of halogens is 3. The average molecular weight is 567 g/mol. The van der Waals surface area contributed by atoms with Gasteiger partial charge in [-0.05, 0) is 74.2 Å². The fourth-order valence-electron chi connectivity index (χ4n) is 5.74. The molecule has 0 bridgehead atoms. The molecule has 38 heavy (non-hydrogen) atoms. The maximum Gasteiger partial charge on any atom is 0.308 e. The number of hydrogen-bond acceptors (Lipinski definition) is 4. The first kappa shape index (κ1) is 32.1. The Morgan fingerprint density at radius 1 is 1.16 bits per heavy atom. The first-order chi connectivity index (χ1) is 17.2. The molecular formula is C30H42Cl2FN3O2. The number of hydrogen-bond donors (Lipinski definition) is 1. The molecule has 1 N–H and O–H groups in total.